The molecule has 1 saturated heterocycles. The predicted octanol–water partition coefficient (Wildman–Crippen LogP) is 3.28. The number of fused-ring (bicyclic) bond motifs is 1. The van der Waals surface area contributed by atoms with Crippen molar-refractivity contribution in [2.24, 2.45) is 16.8 Å². The molecule has 11 heteroatoms. The van der Waals surface area contributed by atoms with Gasteiger partial charge in [0.15, 0.2) is 11.0 Å². The van der Waals surface area contributed by atoms with Crippen LogP contribution in [-0.2, 0) is 0 Å². The molecule has 0 saturated carbocycles. The van der Waals surface area contributed by atoms with Crippen LogP contribution in [0, 0.1) is 5.82 Å². The maximum absolute atomic E-state index is 14.8. The van der Waals surface area contributed by atoms with E-state index in [1.165, 1.54) is 28.8 Å². The molecule has 0 unspecified atom stereocenters. The molecular weight excluding hydrogens is 443 g/mol. The summed E-state index contributed by atoms with van der Waals surface area (Å²) in [7, 11) is 0. The van der Waals surface area contributed by atoms with Crippen LogP contribution in [0.3, 0.4) is 0 Å². The fraction of sp³-hybridized carbons (Fsp3) is 0.364. The Morgan fingerprint density at radius 3 is 2.70 bits per heavy atom. The van der Waals surface area contributed by atoms with Crippen molar-refractivity contribution in [3.63, 3.8) is 0 Å². The van der Waals surface area contributed by atoms with Gasteiger partial charge in [-0.15, -0.1) is 0 Å². The van der Waals surface area contributed by atoms with Crippen LogP contribution in [-0.4, -0.2) is 45.9 Å². The fourth-order valence-corrected chi connectivity index (χ4v) is 4.69. The van der Waals surface area contributed by atoms with Crippen molar-refractivity contribution >= 4 is 44.2 Å². The maximum atomic E-state index is 14.8. The lowest BCUT2D eigenvalue weighted by Gasteiger charge is -2.25. The van der Waals surface area contributed by atoms with Crippen molar-refractivity contribution in [2.75, 3.05) is 23.3 Å². The Kier molecular flexibility index (Phi) is 6.70. The quantitative estimate of drug-likeness (QED) is 0.226. The summed E-state index contributed by atoms with van der Waals surface area (Å²) < 4.78 is 15.6. The average molecular weight is 471 g/mol. The number of aromatic nitrogens is 2. The van der Waals surface area contributed by atoms with E-state index in [2.05, 4.69) is 25.3 Å². The van der Waals surface area contributed by atoms with Gasteiger partial charge in [-0.1, -0.05) is 17.4 Å². The highest BCUT2D eigenvalue weighted by molar-refractivity contribution is 7.22. The van der Waals surface area contributed by atoms with E-state index in [0.717, 1.165) is 35.8 Å². The number of nitrogens with zero attached hydrogens (tertiary/aromatic N) is 5. The number of thiazole rings is 1. The normalized spacial score (nSPS) is 14.7. The Labute approximate surface area is 195 Å². The average Bonchev–Trinajstić information content (AvgIpc) is 3.22. The Morgan fingerprint density at radius 2 is 2.00 bits per heavy atom. The SMILES string of the molecule is CC(C)N(N)/C(=N\N)c1cccc(NC(=O)c2cc3sc(N4CCCCC4)nc3cc2F)n1. The van der Waals surface area contributed by atoms with Crippen molar-refractivity contribution in [3.8, 4) is 0 Å². The Hall–Kier alpha value is -3.31. The Morgan fingerprint density at radius 1 is 1.24 bits per heavy atom. The zero-order chi connectivity index (χ0) is 23.5. The number of nitrogens with two attached hydrogens (primary N) is 2. The molecular formula is C22H27FN8OS. The first-order valence-corrected chi connectivity index (χ1v) is 11.6. The minimum absolute atomic E-state index is 0.0672. The number of benzene rings is 1. The Bertz CT molecular complexity index is 1190. The second-order valence-electron chi connectivity index (χ2n) is 8.16. The largest absolute Gasteiger partial charge is 0.348 e. The number of hydrazine groups is 1. The van der Waals surface area contributed by atoms with Gasteiger partial charge in [0.25, 0.3) is 5.91 Å². The van der Waals surface area contributed by atoms with E-state index in [1.807, 2.05) is 13.8 Å². The highest BCUT2D eigenvalue weighted by Crippen LogP contribution is 2.32. The van der Waals surface area contributed by atoms with Gasteiger partial charge in [0.1, 0.15) is 17.3 Å². The zero-order valence-electron chi connectivity index (χ0n) is 18.6. The van der Waals surface area contributed by atoms with Gasteiger partial charge in [0.2, 0.25) is 0 Å². The number of hydrazone groups is 1. The van der Waals surface area contributed by atoms with Crippen molar-refractivity contribution in [2.45, 2.75) is 39.2 Å². The van der Waals surface area contributed by atoms with Gasteiger partial charge >= 0.3 is 0 Å². The summed E-state index contributed by atoms with van der Waals surface area (Å²) in [5.74, 6) is 10.8. The zero-order valence-corrected chi connectivity index (χ0v) is 19.4. The predicted molar refractivity (Wildman–Crippen MR) is 130 cm³/mol. The van der Waals surface area contributed by atoms with E-state index in [-0.39, 0.29) is 23.3 Å². The summed E-state index contributed by atoms with van der Waals surface area (Å²) in [5.41, 5.74) is 0.866. The first kappa shape index (κ1) is 22.9. The number of amidine groups is 1. The second kappa shape index (κ2) is 9.67. The molecule has 3 heterocycles. The van der Waals surface area contributed by atoms with Crippen LogP contribution in [0.5, 0.6) is 0 Å². The van der Waals surface area contributed by atoms with Crippen molar-refractivity contribution < 1.29 is 9.18 Å². The summed E-state index contributed by atoms with van der Waals surface area (Å²) in [5, 5.41) is 8.61. The highest BCUT2D eigenvalue weighted by atomic mass is 32.1. The third-order valence-electron chi connectivity index (χ3n) is 5.48. The molecule has 0 atom stereocenters. The molecule has 3 aromatic rings. The van der Waals surface area contributed by atoms with Crippen LogP contribution in [0.25, 0.3) is 10.2 Å². The number of pyridine rings is 1. The fourth-order valence-electron chi connectivity index (χ4n) is 3.65. The number of hydrogen-bond donors (Lipinski definition) is 3. The van der Waals surface area contributed by atoms with Crippen LogP contribution < -0.4 is 21.9 Å². The first-order valence-electron chi connectivity index (χ1n) is 10.8. The van der Waals surface area contributed by atoms with Gasteiger partial charge in [-0.25, -0.2) is 20.2 Å². The van der Waals surface area contributed by atoms with Crippen molar-refractivity contribution in [1.29, 1.82) is 0 Å². The first-order chi connectivity index (χ1) is 15.9. The minimum Gasteiger partial charge on any atom is -0.348 e. The van der Waals surface area contributed by atoms with Crippen LogP contribution >= 0.6 is 11.3 Å². The van der Waals surface area contributed by atoms with Gasteiger partial charge in [-0.2, -0.15) is 5.10 Å². The van der Waals surface area contributed by atoms with Gasteiger partial charge in [0.05, 0.1) is 15.8 Å². The lowest BCUT2D eigenvalue weighted by Crippen LogP contribution is -2.44. The van der Waals surface area contributed by atoms with Crippen LogP contribution in [0.2, 0.25) is 0 Å². The lowest BCUT2D eigenvalue weighted by molar-refractivity contribution is 0.102. The topological polar surface area (TPSA) is 126 Å². The molecule has 0 bridgehead atoms. The maximum Gasteiger partial charge on any atom is 0.259 e. The summed E-state index contributed by atoms with van der Waals surface area (Å²) in [6.07, 6.45) is 3.47. The number of rotatable bonds is 5. The van der Waals surface area contributed by atoms with Crippen molar-refractivity contribution in [1.82, 2.24) is 15.0 Å². The number of hydrogen-bond acceptors (Lipinski definition) is 8. The van der Waals surface area contributed by atoms with E-state index in [4.69, 9.17) is 11.7 Å². The molecule has 5 N–H and O–H groups in total. The minimum atomic E-state index is -0.635. The van der Waals surface area contributed by atoms with Crippen LogP contribution in [0.15, 0.2) is 35.4 Å². The van der Waals surface area contributed by atoms with E-state index in [9.17, 15) is 9.18 Å². The van der Waals surface area contributed by atoms with Gasteiger partial charge in [-0.3, -0.25) is 9.80 Å². The standard InChI is InChI=1S/C22H27FN8OS/c1-13(2)31(25)20(29-24)16-7-6-8-19(26-16)28-21(32)14-11-18-17(12-15(14)23)27-22(33-18)30-9-4-3-5-10-30/h6-8,11-13H,3-5,9-10,24-25H2,1-2H3,(H,26,28,32)/b29-20-. The number of halogens is 1. The number of anilines is 2. The van der Waals surface area contributed by atoms with Crippen LogP contribution in [0.1, 0.15) is 49.2 Å². The molecule has 1 aromatic carbocycles. The molecule has 0 aliphatic carbocycles. The second-order valence-corrected chi connectivity index (χ2v) is 9.17. The third kappa shape index (κ3) is 4.88. The van der Waals surface area contributed by atoms with Gasteiger partial charge < -0.3 is 16.1 Å². The van der Waals surface area contributed by atoms with E-state index in [0.29, 0.717) is 11.2 Å². The number of nitrogens with one attached hydrogen (secondary N) is 1. The molecule has 9 nitrogen and oxygen atoms in total. The lowest BCUT2D eigenvalue weighted by atomic mass is 10.1. The summed E-state index contributed by atoms with van der Waals surface area (Å²) in [6.45, 7) is 5.66. The molecule has 2 aromatic heterocycles. The Balaban J connectivity index is 1.57. The number of amides is 1. The van der Waals surface area contributed by atoms with E-state index < -0.39 is 11.7 Å². The van der Waals surface area contributed by atoms with Gasteiger partial charge in [0, 0.05) is 25.2 Å². The molecule has 1 fully saturated rings. The monoisotopic (exact) mass is 470 g/mol. The molecule has 1 aliphatic rings. The van der Waals surface area contributed by atoms with E-state index in [1.54, 1.807) is 24.3 Å². The summed E-state index contributed by atoms with van der Waals surface area (Å²) in [4.78, 5) is 24.0. The highest BCUT2D eigenvalue weighted by Gasteiger charge is 2.20. The third-order valence-corrected chi connectivity index (χ3v) is 6.56. The number of carbonyl (C=O) groups excluding carboxylic acids is 1. The van der Waals surface area contributed by atoms with Crippen molar-refractivity contribution in [3.05, 3.63) is 47.4 Å². The summed E-state index contributed by atoms with van der Waals surface area (Å²) in [6, 6.07) is 7.75. The van der Waals surface area contributed by atoms with Gasteiger partial charge in [-0.05, 0) is 51.3 Å². The molecule has 1 amide bonds. The number of piperidine rings is 1. The molecule has 1 aliphatic heterocycles. The molecule has 0 radical (unpaired) electrons. The van der Waals surface area contributed by atoms with E-state index >= 15 is 0 Å². The molecule has 4 rings (SSSR count). The van der Waals surface area contributed by atoms with Crippen LogP contribution in [0.4, 0.5) is 15.3 Å². The molecule has 33 heavy (non-hydrogen) atoms. The smallest absolute Gasteiger partial charge is 0.259 e. The number of carbonyl (C=O) groups is 1. The molecule has 174 valence electrons. The molecule has 0 spiro atoms. The summed E-state index contributed by atoms with van der Waals surface area (Å²) >= 11 is 1.47.